The van der Waals surface area contributed by atoms with Gasteiger partial charge in [-0.15, -0.1) is 0 Å². The number of halogens is 3. The minimum absolute atomic E-state index is 0.0489. The molecule has 3 unspecified atom stereocenters. The van der Waals surface area contributed by atoms with E-state index in [1.54, 1.807) is 12.1 Å². The molecule has 2 bridgehead atoms. The molecule has 5 rings (SSSR count). The third-order valence-corrected chi connectivity index (χ3v) is 9.04. The highest BCUT2D eigenvalue weighted by Crippen LogP contribution is 2.45. The molecule has 2 aromatic rings. The SMILES string of the molecule is COC(=O)C1CC2CCCC(C1)N2C(C)c1ccc2c(C(F)(F)F)c(OC3CCC(C)CC3)ccc2c1. The number of piperidine rings is 2. The third kappa shape index (κ3) is 5.34. The summed E-state index contributed by atoms with van der Waals surface area (Å²) in [6.07, 6.45) is 3.64. The summed E-state index contributed by atoms with van der Waals surface area (Å²) >= 11 is 0. The summed E-state index contributed by atoms with van der Waals surface area (Å²) in [4.78, 5) is 14.7. The highest BCUT2D eigenvalue weighted by atomic mass is 19.4. The standard InChI is InChI=1S/C30H38F3NO3/c1-18-7-11-25(12-8-18)37-27-14-10-21-15-20(9-13-26(21)28(27)30(31,32)33)19(2)34-23-5-4-6-24(34)17-22(16-23)29(35)36-3/h9-10,13-15,18-19,22-25H,4-8,11-12,16-17H2,1-3H3. The second-order valence-corrected chi connectivity index (χ2v) is 11.5. The van der Waals surface area contributed by atoms with Gasteiger partial charge in [0.05, 0.1) is 19.1 Å². The molecule has 2 heterocycles. The lowest BCUT2D eigenvalue weighted by atomic mass is 9.77. The number of carbonyl (C=O) groups excluding carboxylic acids is 1. The van der Waals surface area contributed by atoms with E-state index in [4.69, 9.17) is 9.47 Å². The molecule has 0 N–H and O–H groups in total. The zero-order chi connectivity index (χ0) is 26.3. The molecule has 2 aliphatic heterocycles. The van der Waals surface area contributed by atoms with Crippen LogP contribution in [0.2, 0.25) is 0 Å². The molecule has 0 radical (unpaired) electrons. The van der Waals surface area contributed by atoms with Crippen LogP contribution < -0.4 is 4.74 Å². The number of benzene rings is 2. The molecular weight excluding hydrogens is 479 g/mol. The van der Waals surface area contributed by atoms with Crippen LogP contribution in [0.15, 0.2) is 30.3 Å². The molecule has 2 aromatic carbocycles. The number of methoxy groups -OCH3 is 1. The number of hydrogen-bond acceptors (Lipinski definition) is 4. The average molecular weight is 518 g/mol. The van der Waals surface area contributed by atoms with Crippen LogP contribution in [0.5, 0.6) is 5.75 Å². The first-order chi connectivity index (χ1) is 17.7. The van der Waals surface area contributed by atoms with Gasteiger partial charge in [-0.2, -0.15) is 13.2 Å². The largest absolute Gasteiger partial charge is 0.490 e. The number of esters is 1. The summed E-state index contributed by atoms with van der Waals surface area (Å²) in [6, 6.07) is 9.26. The van der Waals surface area contributed by atoms with E-state index in [1.165, 1.54) is 13.2 Å². The normalized spacial score (nSPS) is 29.6. The van der Waals surface area contributed by atoms with Crippen LogP contribution in [0.3, 0.4) is 0 Å². The highest BCUT2D eigenvalue weighted by molar-refractivity contribution is 5.89. The van der Waals surface area contributed by atoms with E-state index in [0.717, 1.165) is 63.4 Å². The van der Waals surface area contributed by atoms with Crippen molar-refractivity contribution >= 4 is 16.7 Å². The van der Waals surface area contributed by atoms with Crippen molar-refractivity contribution < 1.29 is 27.4 Å². The van der Waals surface area contributed by atoms with E-state index < -0.39 is 11.7 Å². The Balaban J connectivity index is 1.42. The number of ether oxygens (including phenoxy) is 2. The number of carbonyl (C=O) groups is 1. The van der Waals surface area contributed by atoms with E-state index in [2.05, 4.69) is 18.7 Å². The fourth-order valence-corrected chi connectivity index (χ4v) is 7.09. The fourth-order valence-electron chi connectivity index (χ4n) is 7.09. The Morgan fingerprint density at radius 2 is 1.68 bits per heavy atom. The predicted octanol–water partition coefficient (Wildman–Crippen LogP) is 7.68. The average Bonchev–Trinajstić information content (AvgIpc) is 2.87. The molecule has 1 saturated carbocycles. The first-order valence-electron chi connectivity index (χ1n) is 13.8. The molecule has 4 nitrogen and oxygen atoms in total. The lowest BCUT2D eigenvalue weighted by molar-refractivity contribution is -0.150. The van der Waals surface area contributed by atoms with Crippen molar-refractivity contribution in [2.75, 3.05) is 7.11 Å². The lowest BCUT2D eigenvalue weighted by Gasteiger charge is -2.51. The zero-order valence-electron chi connectivity index (χ0n) is 22.0. The Labute approximate surface area is 217 Å². The van der Waals surface area contributed by atoms with Crippen molar-refractivity contribution in [2.45, 2.75) is 102 Å². The van der Waals surface area contributed by atoms with E-state index in [-0.39, 0.29) is 47.3 Å². The number of nitrogens with zero attached hydrogens (tertiary/aromatic N) is 1. The summed E-state index contributed by atoms with van der Waals surface area (Å²) in [7, 11) is 1.45. The molecule has 7 heteroatoms. The van der Waals surface area contributed by atoms with Crippen molar-refractivity contribution in [2.24, 2.45) is 11.8 Å². The highest BCUT2D eigenvalue weighted by Gasteiger charge is 2.43. The van der Waals surface area contributed by atoms with Gasteiger partial charge in [0.25, 0.3) is 0 Å². The van der Waals surface area contributed by atoms with Crippen LogP contribution >= 0.6 is 0 Å². The summed E-state index contributed by atoms with van der Waals surface area (Å²) < 4.78 is 53.9. The zero-order valence-corrected chi connectivity index (χ0v) is 22.0. The summed E-state index contributed by atoms with van der Waals surface area (Å²) in [5.41, 5.74) is 0.336. The number of alkyl halides is 3. The summed E-state index contributed by atoms with van der Waals surface area (Å²) in [5.74, 6) is 0.348. The molecular formula is C30H38F3NO3. The number of hydrogen-bond donors (Lipinski definition) is 0. The van der Waals surface area contributed by atoms with E-state index >= 15 is 0 Å². The van der Waals surface area contributed by atoms with Gasteiger partial charge in [-0.25, -0.2) is 0 Å². The molecule has 0 amide bonds. The maximum absolute atomic E-state index is 14.3. The van der Waals surface area contributed by atoms with Crippen molar-refractivity contribution in [3.63, 3.8) is 0 Å². The molecule has 0 aromatic heterocycles. The van der Waals surface area contributed by atoms with Gasteiger partial charge in [0.15, 0.2) is 0 Å². The van der Waals surface area contributed by atoms with Gasteiger partial charge in [-0.05, 0) is 92.7 Å². The Hall–Kier alpha value is -2.28. The van der Waals surface area contributed by atoms with Gasteiger partial charge < -0.3 is 9.47 Å². The maximum Gasteiger partial charge on any atom is 0.420 e. The summed E-state index contributed by atoms with van der Waals surface area (Å²) in [5, 5.41) is 0.769. The maximum atomic E-state index is 14.3. The second-order valence-electron chi connectivity index (χ2n) is 11.5. The molecule has 3 atom stereocenters. The molecule has 37 heavy (non-hydrogen) atoms. The van der Waals surface area contributed by atoms with Gasteiger partial charge in [0, 0.05) is 18.1 Å². The number of fused-ring (bicyclic) bond motifs is 3. The van der Waals surface area contributed by atoms with Crippen LogP contribution in [-0.2, 0) is 15.7 Å². The van der Waals surface area contributed by atoms with E-state index in [1.807, 2.05) is 12.1 Å². The van der Waals surface area contributed by atoms with Crippen molar-refractivity contribution in [1.82, 2.24) is 4.90 Å². The predicted molar refractivity (Wildman–Crippen MR) is 137 cm³/mol. The molecule has 202 valence electrons. The lowest BCUT2D eigenvalue weighted by Crippen LogP contribution is -2.54. The molecule has 1 aliphatic carbocycles. The molecule has 2 saturated heterocycles. The van der Waals surface area contributed by atoms with Crippen molar-refractivity contribution in [3.8, 4) is 5.75 Å². The third-order valence-electron chi connectivity index (χ3n) is 9.04. The van der Waals surface area contributed by atoms with Crippen LogP contribution in [0.25, 0.3) is 10.8 Å². The minimum Gasteiger partial charge on any atom is -0.490 e. The molecule has 3 fully saturated rings. The van der Waals surface area contributed by atoms with Crippen molar-refractivity contribution in [3.05, 3.63) is 41.5 Å². The first kappa shape index (κ1) is 26.3. The van der Waals surface area contributed by atoms with Crippen LogP contribution in [-0.4, -0.2) is 36.2 Å². The minimum atomic E-state index is -4.50. The van der Waals surface area contributed by atoms with Crippen LogP contribution in [0, 0.1) is 11.8 Å². The van der Waals surface area contributed by atoms with Gasteiger partial charge in [0.1, 0.15) is 11.3 Å². The Morgan fingerprint density at radius 3 is 2.30 bits per heavy atom. The van der Waals surface area contributed by atoms with E-state index in [9.17, 15) is 18.0 Å². The monoisotopic (exact) mass is 517 g/mol. The first-order valence-corrected chi connectivity index (χ1v) is 13.8. The van der Waals surface area contributed by atoms with Crippen LogP contribution in [0.1, 0.15) is 88.8 Å². The van der Waals surface area contributed by atoms with Crippen molar-refractivity contribution in [1.29, 1.82) is 0 Å². The van der Waals surface area contributed by atoms with E-state index in [0.29, 0.717) is 11.3 Å². The quantitative estimate of drug-likeness (QED) is 0.381. The van der Waals surface area contributed by atoms with Gasteiger partial charge >= 0.3 is 12.1 Å². The topological polar surface area (TPSA) is 38.8 Å². The molecule has 0 spiro atoms. The fraction of sp³-hybridized carbons (Fsp3) is 0.633. The van der Waals surface area contributed by atoms with Crippen LogP contribution in [0.4, 0.5) is 13.2 Å². The smallest absolute Gasteiger partial charge is 0.420 e. The molecule has 3 aliphatic rings. The Morgan fingerprint density at radius 1 is 1.00 bits per heavy atom. The van der Waals surface area contributed by atoms with Gasteiger partial charge in [0.2, 0.25) is 0 Å². The summed E-state index contributed by atoms with van der Waals surface area (Å²) in [6.45, 7) is 4.32. The van der Waals surface area contributed by atoms with Gasteiger partial charge in [-0.1, -0.05) is 31.5 Å². The number of rotatable bonds is 5. The Kier molecular flexibility index (Phi) is 7.45. The second kappa shape index (κ2) is 10.5. The van der Waals surface area contributed by atoms with Gasteiger partial charge in [-0.3, -0.25) is 9.69 Å². The Bertz CT molecular complexity index is 1110.